The van der Waals surface area contributed by atoms with Crippen LogP contribution in [-0.2, 0) is 32.1 Å². The fourth-order valence-electron chi connectivity index (χ4n) is 8.78. The van der Waals surface area contributed by atoms with Gasteiger partial charge < -0.3 is 29.7 Å². The summed E-state index contributed by atoms with van der Waals surface area (Å²) in [6.07, 6.45) is 9.17. The standard InChI is InChI=1S/C39H50ClN2O8P/c1-25(24-48-35-12-18-41-34-9-4-6-26(2)36(34)35)20-29-21-28-10-11-32(50-27(3)13-19-49-51(45,46)47)23-33(28)38(29)14-16-39(17-15-38,37(43)44)42-31-8-5-7-30(40)22-31/h5,7-8,10-12,18,22-23,25-27,29,42H,4,6,9,13-17,19-21,24H2,1-3H3,(H,43,44)(H2,45,46,47)/t25-,26-,27?,29?,38?,39?/m1/s1. The van der Waals surface area contributed by atoms with Gasteiger partial charge in [-0.1, -0.05) is 37.6 Å². The predicted octanol–water partition coefficient (Wildman–Crippen LogP) is 8.47. The molecule has 0 aliphatic heterocycles. The second-order valence-corrected chi connectivity index (χ2v) is 16.7. The molecule has 6 rings (SSSR count). The van der Waals surface area contributed by atoms with Crippen LogP contribution < -0.4 is 14.8 Å². The van der Waals surface area contributed by atoms with Gasteiger partial charge >= 0.3 is 13.8 Å². The molecule has 4 atom stereocenters. The van der Waals surface area contributed by atoms with Crippen molar-refractivity contribution in [3.05, 3.63) is 82.1 Å². The van der Waals surface area contributed by atoms with Gasteiger partial charge in [0.05, 0.1) is 19.3 Å². The second-order valence-electron chi connectivity index (χ2n) is 15.1. The number of nitrogens with one attached hydrogen (secondary N) is 1. The molecule has 1 saturated carbocycles. The zero-order valence-corrected chi connectivity index (χ0v) is 31.3. The number of ether oxygens (including phenoxy) is 2. The minimum Gasteiger partial charge on any atom is -0.493 e. The van der Waals surface area contributed by atoms with Crippen LogP contribution in [0, 0.1) is 11.8 Å². The zero-order chi connectivity index (χ0) is 36.4. The van der Waals surface area contributed by atoms with Crippen LogP contribution in [-0.4, -0.2) is 50.7 Å². The lowest BCUT2D eigenvalue weighted by Crippen LogP contribution is -2.53. The fraction of sp³-hybridized carbons (Fsp3) is 0.538. The Labute approximate surface area is 305 Å². The summed E-state index contributed by atoms with van der Waals surface area (Å²) in [6, 6.07) is 15.4. The van der Waals surface area contributed by atoms with E-state index in [2.05, 4.69) is 40.8 Å². The minimum atomic E-state index is -4.55. The molecule has 3 aliphatic rings. The minimum absolute atomic E-state index is 0.125. The maximum atomic E-state index is 12.9. The highest BCUT2D eigenvalue weighted by molar-refractivity contribution is 7.46. The van der Waals surface area contributed by atoms with E-state index in [1.807, 2.05) is 37.4 Å². The van der Waals surface area contributed by atoms with E-state index >= 15 is 0 Å². The molecule has 3 aromatic rings. The number of hydrogen-bond donors (Lipinski definition) is 4. The number of aliphatic carboxylic acids is 1. The van der Waals surface area contributed by atoms with Gasteiger partial charge in [-0.25, -0.2) is 9.36 Å². The van der Waals surface area contributed by atoms with Crippen LogP contribution in [0.1, 0.15) is 100 Å². The van der Waals surface area contributed by atoms with Crippen molar-refractivity contribution >= 4 is 31.1 Å². The van der Waals surface area contributed by atoms with E-state index in [9.17, 15) is 14.5 Å². The molecule has 3 aliphatic carbocycles. The third-order valence-electron chi connectivity index (χ3n) is 11.4. The number of aromatic nitrogens is 1. The number of nitrogens with zero attached hydrogens (tertiary/aromatic N) is 1. The van der Waals surface area contributed by atoms with E-state index in [1.54, 1.807) is 12.1 Å². The van der Waals surface area contributed by atoms with E-state index in [1.165, 1.54) is 16.7 Å². The Hall–Kier alpha value is -3.14. The van der Waals surface area contributed by atoms with Gasteiger partial charge in [-0.15, -0.1) is 0 Å². The maximum absolute atomic E-state index is 12.9. The Balaban J connectivity index is 1.23. The lowest BCUT2D eigenvalue weighted by molar-refractivity contribution is -0.144. The van der Waals surface area contributed by atoms with Crippen LogP contribution in [0.2, 0.25) is 5.02 Å². The number of pyridine rings is 1. The average Bonchev–Trinajstić information content (AvgIpc) is 3.35. The molecule has 51 heavy (non-hydrogen) atoms. The molecule has 1 heterocycles. The zero-order valence-electron chi connectivity index (χ0n) is 29.6. The van der Waals surface area contributed by atoms with E-state index in [0.29, 0.717) is 61.1 Å². The van der Waals surface area contributed by atoms with Gasteiger partial charge in [0.25, 0.3) is 0 Å². The Morgan fingerprint density at radius 3 is 2.63 bits per heavy atom. The number of halogens is 1. The Bertz CT molecular complexity index is 1760. The van der Waals surface area contributed by atoms with Gasteiger partial charge in [0, 0.05) is 34.6 Å². The van der Waals surface area contributed by atoms with Gasteiger partial charge in [0.15, 0.2) is 0 Å². The predicted molar refractivity (Wildman–Crippen MR) is 197 cm³/mol. The summed E-state index contributed by atoms with van der Waals surface area (Å²) in [5, 5.41) is 14.5. The lowest BCUT2D eigenvalue weighted by Gasteiger charge is -2.47. The molecular weight excluding hydrogens is 691 g/mol. The number of anilines is 1. The van der Waals surface area contributed by atoms with Gasteiger partial charge in [-0.3, -0.25) is 9.51 Å². The maximum Gasteiger partial charge on any atom is 0.469 e. The molecule has 12 heteroatoms. The quantitative estimate of drug-likeness (QED) is 0.119. The molecule has 0 bridgehead atoms. The Morgan fingerprint density at radius 1 is 1.12 bits per heavy atom. The van der Waals surface area contributed by atoms with E-state index in [0.717, 1.165) is 43.5 Å². The van der Waals surface area contributed by atoms with Crippen molar-refractivity contribution in [2.45, 2.75) is 108 Å². The number of carboxylic acid groups (broad SMARTS) is 1. The number of phosphoric acid groups is 1. The van der Waals surface area contributed by atoms with Crippen molar-refractivity contribution in [3.63, 3.8) is 0 Å². The number of carboxylic acids is 1. The number of carbonyl (C=O) groups is 1. The molecule has 2 aromatic carbocycles. The van der Waals surface area contributed by atoms with Gasteiger partial charge in [-0.2, -0.15) is 0 Å². The molecule has 0 radical (unpaired) electrons. The monoisotopic (exact) mass is 740 g/mol. The van der Waals surface area contributed by atoms with Crippen molar-refractivity contribution < 1.29 is 38.3 Å². The molecular formula is C39H50ClN2O8P. The van der Waals surface area contributed by atoms with E-state index in [4.69, 9.17) is 30.9 Å². The summed E-state index contributed by atoms with van der Waals surface area (Å²) in [4.78, 5) is 35.7. The van der Waals surface area contributed by atoms with E-state index < -0.39 is 19.3 Å². The first-order chi connectivity index (χ1) is 24.3. The fourth-order valence-corrected chi connectivity index (χ4v) is 9.31. The van der Waals surface area contributed by atoms with Crippen molar-refractivity contribution in [3.8, 4) is 11.5 Å². The van der Waals surface area contributed by atoms with Crippen molar-refractivity contribution in [2.24, 2.45) is 11.8 Å². The smallest absolute Gasteiger partial charge is 0.469 e. The molecule has 1 aromatic heterocycles. The molecule has 2 unspecified atom stereocenters. The largest absolute Gasteiger partial charge is 0.493 e. The van der Waals surface area contributed by atoms with Crippen LogP contribution in [0.5, 0.6) is 11.5 Å². The lowest BCUT2D eigenvalue weighted by atomic mass is 9.59. The van der Waals surface area contributed by atoms with E-state index in [-0.39, 0.29) is 30.0 Å². The number of phosphoric ester groups is 1. The SMILES string of the molecule is CC(CCOP(=O)(O)O)Oc1ccc2c(c1)C1(CCC(Nc3cccc(Cl)c3)(C(=O)O)CC1)C(C[C@@H](C)COc1ccnc3c1[C@H](C)CCC3)C2. The van der Waals surface area contributed by atoms with Crippen LogP contribution in [0.15, 0.2) is 54.7 Å². The number of hydrogen-bond acceptors (Lipinski definition) is 7. The summed E-state index contributed by atoms with van der Waals surface area (Å²) >= 11 is 6.26. The first-order valence-corrected chi connectivity index (χ1v) is 20.1. The summed E-state index contributed by atoms with van der Waals surface area (Å²) in [7, 11) is -4.55. The van der Waals surface area contributed by atoms with Crippen molar-refractivity contribution in [2.75, 3.05) is 18.5 Å². The first-order valence-electron chi connectivity index (χ1n) is 18.1. The molecule has 1 fully saturated rings. The van der Waals surface area contributed by atoms with Crippen LogP contribution >= 0.6 is 19.4 Å². The topological polar surface area (TPSA) is 147 Å². The van der Waals surface area contributed by atoms with Gasteiger partial charge in [-0.05, 0) is 135 Å². The molecule has 0 saturated heterocycles. The van der Waals surface area contributed by atoms with Crippen molar-refractivity contribution in [1.82, 2.24) is 4.98 Å². The second kappa shape index (κ2) is 15.5. The molecule has 10 nitrogen and oxygen atoms in total. The number of aryl methyl sites for hydroxylation is 1. The molecule has 1 spiro atoms. The van der Waals surface area contributed by atoms with Gasteiger partial charge in [0.1, 0.15) is 17.0 Å². The first kappa shape index (κ1) is 37.6. The third-order valence-corrected chi connectivity index (χ3v) is 12.1. The van der Waals surface area contributed by atoms with Crippen LogP contribution in [0.25, 0.3) is 0 Å². The summed E-state index contributed by atoms with van der Waals surface area (Å²) in [5.41, 5.74) is 4.17. The van der Waals surface area contributed by atoms with Gasteiger partial charge in [0.2, 0.25) is 0 Å². The highest BCUT2D eigenvalue weighted by Gasteiger charge is 2.54. The Kier molecular flexibility index (Phi) is 11.4. The molecule has 0 amide bonds. The number of rotatable bonds is 14. The number of benzene rings is 2. The Morgan fingerprint density at radius 2 is 1.90 bits per heavy atom. The summed E-state index contributed by atoms with van der Waals surface area (Å²) in [5.74, 6) is 1.71. The number of fused-ring (bicyclic) bond motifs is 3. The summed E-state index contributed by atoms with van der Waals surface area (Å²) in [6.45, 7) is 6.81. The molecule has 276 valence electrons. The highest BCUT2D eigenvalue weighted by atomic mass is 35.5. The summed E-state index contributed by atoms with van der Waals surface area (Å²) < 4.78 is 28.6. The van der Waals surface area contributed by atoms with Crippen LogP contribution in [0.4, 0.5) is 5.69 Å². The highest BCUT2D eigenvalue weighted by Crippen LogP contribution is 2.57. The third kappa shape index (κ3) is 8.58. The van der Waals surface area contributed by atoms with Crippen molar-refractivity contribution in [1.29, 1.82) is 0 Å². The molecule has 4 N–H and O–H groups in total. The average molecular weight is 741 g/mol. The van der Waals surface area contributed by atoms with Crippen LogP contribution in [0.3, 0.4) is 0 Å². The normalized spacial score (nSPS) is 25.5.